The lowest BCUT2D eigenvalue weighted by atomic mass is 9.71. The van der Waals surface area contributed by atoms with Gasteiger partial charge in [-0.3, -0.25) is 4.79 Å². The second kappa shape index (κ2) is 12.4. The molecule has 4 rings (SSSR count). The molecule has 0 amide bonds. The fraction of sp³-hybridized carbons (Fsp3) is 0.581. The highest BCUT2D eigenvalue weighted by atomic mass is 16.5. The molecule has 0 heterocycles. The second-order valence-electron chi connectivity index (χ2n) is 10.5. The molecular weight excluding hydrogens is 420 g/mol. The zero-order valence-corrected chi connectivity index (χ0v) is 21.1. The van der Waals surface area contributed by atoms with E-state index in [0.29, 0.717) is 42.3 Å². The van der Waals surface area contributed by atoms with E-state index in [0.717, 1.165) is 11.5 Å². The summed E-state index contributed by atoms with van der Waals surface area (Å²) in [7, 11) is 3.45. The van der Waals surface area contributed by atoms with Gasteiger partial charge in [-0.1, -0.05) is 62.8 Å². The molecule has 0 radical (unpaired) electrons. The predicted octanol–water partition coefficient (Wildman–Crippen LogP) is 8.08. The van der Waals surface area contributed by atoms with Gasteiger partial charge >= 0.3 is 0 Å². The molecule has 2 aliphatic carbocycles. The van der Waals surface area contributed by atoms with Crippen molar-refractivity contribution in [3.63, 3.8) is 0 Å². The molecule has 184 valence electrons. The standard InChI is InChI=1S/C31H42O3/c1-33-28-17-9-15-25(19-28)30(23-11-5-3-6-12-23)21-27(32)22-31(24-13-7-4-8-14-24)26-16-10-18-29(20-26)34-2/h9-10,15-20,23-24,30-31H,3-8,11-14,21-22H2,1-2H3/t30-,31+. The SMILES string of the molecule is COc1cccc([C@@H](CC(=O)C[C@@H](c2cccc(OC)c2)C2CCCCC2)C2CCCCC2)c1. The first-order chi connectivity index (χ1) is 16.7. The van der Waals surface area contributed by atoms with Gasteiger partial charge in [0.05, 0.1) is 14.2 Å². The van der Waals surface area contributed by atoms with Crippen molar-refractivity contribution in [1.29, 1.82) is 0 Å². The molecular formula is C31H42O3. The van der Waals surface area contributed by atoms with Gasteiger partial charge in [-0.25, -0.2) is 0 Å². The molecule has 0 saturated heterocycles. The molecule has 3 nitrogen and oxygen atoms in total. The van der Waals surface area contributed by atoms with Crippen molar-refractivity contribution in [2.75, 3.05) is 14.2 Å². The van der Waals surface area contributed by atoms with E-state index in [-0.39, 0.29) is 0 Å². The Balaban J connectivity index is 1.55. The minimum atomic E-state index is 0.292. The molecule has 2 atom stereocenters. The topological polar surface area (TPSA) is 35.5 Å². The number of carbonyl (C=O) groups is 1. The summed E-state index contributed by atoms with van der Waals surface area (Å²) in [5.41, 5.74) is 2.55. The van der Waals surface area contributed by atoms with E-state index in [9.17, 15) is 4.79 Å². The number of Topliss-reactive ketones (excluding diaryl/α,β-unsaturated/α-hetero) is 1. The highest BCUT2D eigenvalue weighted by molar-refractivity contribution is 5.80. The van der Waals surface area contributed by atoms with Crippen molar-refractivity contribution in [1.82, 2.24) is 0 Å². The van der Waals surface area contributed by atoms with Crippen molar-refractivity contribution in [3.05, 3.63) is 59.7 Å². The summed E-state index contributed by atoms with van der Waals surface area (Å²) in [5, 5.41) is 0. The fourth-order valence-corrected chi connectivity index (χ4v) is 6.50. The van der Waals surface area contributed by atoms with Crippen LogP contribution in [-0.2, 0) is 4.79 Å². The van der Waals surface area contributed by atoms with Crippen molar-refractivity contribution in [3.8, 4) is 11.5 Å². The first kappa shape index (κ1) is 24.8. The third-order valence-electron chi connectivity index (χ3n) is 8.38. The number of benzene rings is 2. The average Bonchev–Trinajstić information content (AvgIpc) is 2.91. The molecule has 2 saturated carbocycles. The van der Waals surface area contributed by atoms with Gasteiger partial charge in [0.15, 0.2) is 0 Å². The fourth-order valence-electron chi connectivity index (χ4n) is 6.50. The van der Waals surface area contributed by atoms with Crippen LogP contribution in [0.3, 0.4) is 0 Å². The summed E-state index contributed by atoms with van der Waals surface area (Å²) < 4.78 is 11.0. The van der Waals surface area contributed by atoms with Gasteiger partial charge in [0.2, 0.25) is 0 Å². The van der Waals surface area contributed by atoms with Gasteiger partial charge in [-0.2, -0.15) is 0 Å². The largest absolute Gasteiger partial charge is 0.497 e. The third-order valence-corrected chi connectivity index (χ3v) is 8.38. The number of rotatable bonds is 10. The molecule has 0 N–H and O–H groups in total. The minimum Gasteiger partial charge on any atom is -0.497 e. The Bertz CT molecular complexity index is 835. The first-order valence-electron chi connectivity index (χ1n) is 13.5. The summed E-state index contributed by atoms with van der Waals surface area (Å²) in [5.74, 6) is 3.96. The van der Waals surface area contributed by atoms with Gasteiger partial charge in [0.25, 0.3) is 0 Å². The molecule has 3 heteroatoms. The maximum Gasteiger partial charge on any atom is 0.134 e. The highest BCUT2D eigenvalue weighted by Gasteiger charge is 2.31. The third kappa shape index (κ3) is 6.43. The van der Waals surface area contributed by atoms with E-state index in [4.69, 9.17) is 9.47 Å². The highest BCUT2D eigenvalue weighted by Crippen LogP contribution is 2.42. The smallest absolute Gasteiger partial charge is 0.134 e. The van der Waals surface area contributed by atoms with Crippen LogP contribution in [0.4, 0.5) is 0 Å². The van der Waals surface area contributed by atoms with Crippen LogP contribution in [0.25, 0.3) is 0 Å². The van der Waals surface area contributed by atoms with E-state index < -0.39 is 0 Å². The zero-order valence-electron chi connectivity index (χ0n) is 21.1. The number of ketones is 1. The number of methoxy groups -OCH3 is 2. The summed E-state index contributed by atoms with van der Waals surface area (Å²) in [6, 6.07) is 16.9. The summed E-state index contributed by atoms with van der Waals surface area (Å²) >= 11 is 0. The van der Waals surface area contributed by atoms with E-state index >= 15 is 0 Å². The molecule has 2 fully saturated rings. The Morgan fingerprint density at radius 2 is 1.12 bits per heavy atom. The minimum absolute atomic E-state index is 0.292. The normalized spacial score (nSPS) is 19.4. The number of hydrogen-bond acceptors (Lipinski definition) is 3. The summed E-state index contributed by atoms with van der Waals surface area (Å²) in [4.78, 5) is 13.7. The number of ether oxygens (including phenoxy) is 2. The molecule has 0 bridgehead atoms. The zero-order chi connectivity index (χ0) is 23.8. The van der Waals surface area contributed by atoms with Gasteiger partial charge < -0.3 is 9.47 Å². The lowest BCUT2D eigenvalue weighted by Gasteiger charge is -2.33. The van der Waals surface area contributed by atoms with Crippen LogP contribution in [0.5, 0.6) is 11.5 Å². The van der Waals surface area contributed by atoms with Crippen molar-refractivity contribution >= 4 is 5.78 Å². The molecule has 0 aromatic heterocycles. The Morgan fingerprint density at radius 3 is 1.50 bits per heavy atom. The molecule has 0 unspecified atom stereocenters. The Hall–Kier alpha value is -2.29. The van der Waals surface area contributed by atoms with Gasteiger partial charge in [-0.05, 0) is 84.7 Å². The van der Waals surface area contributed by atoms with Crippen LogP contribution < -0.4 is 9.47 Å². The number of hydrogen-bond donors (Lipinski definition) is 0. The maximum atomic E-state index is 13.7. The molecule has 2 aromatic rings. The average molecular weight is 463 g/mol. The lowest BCUT2D eigenvalue weighted by molar-refractivity contribution is -0.120. The quantitative estimate of drug-likeness (QED) is 0.358. The Labute approximate surface area is 206 Å². The van der Waals surface area contributed by atoms with Crippen LogP contribution >= 0.6 is 0 Å². The van der Waals surface area contributed by atoms with Crippen LogP contribution in [0.1, 0.15) is 100 Å². The number of carbonyl (C=O) groups excluding carboxylic acids is 1. The predicted molar refractivity (Wildman–Crippen MR) is 139 cm³/mol. The summed E-state index contributed by atoms with van der Waals surface area (Å²) in [6.07, 6.45) is 14.0. The van der Waals surface area contributed by atoms with Crippen LogP contribution in [0.2, 0.25) is 0 Å². The molecule has 0 spiro atoms. The summed E-state index contributed by atoms with van der Waals surface area (Å²) in [6.45, 7) is 0. The van der Waals surface area contributed by atoms with Crippen molar-refractivity contribution in [2.45, 2.75) is 88.9 Å². The van der Waals surface area contributed by atoms with Gasteiger partial charge in [0.1, 0.15) is 17.3 Å². The van der Waals surface area contributed by atoms with Crippen LogP contribution in [-0.4, -0.2) is 20.0 Å². The molecule has 0 aliphatic heterocycles. The van der Waals surface area contributed by atoms with Crippen molar-refractivity contribution < 1.29 is 14.3 Å². The molecule has 34 heavy (non-hydrogen) atoms. The first-order valence-corrected chi connectivity index (χ1v) is 13.5. The van der Waals surface area contributed by atoms with E-state index in [2.05, 4.69) is 36.4 Å². The van der Waals surface area contributed by atoms with E-state index in [1.165, 1.54) is 75.3 Å². The van der Waals surface area contributed by atoms with Crippen LogP contribution in [0, 0.1) is 11.8 Å². The van der Waals surface area contributed by atoms with Gasteiger partial charge in [-0.15, -0.1) is 0 Å². The van der Waals surface area contributed by atoms with Gasteiger partial charge in [0, 0.05) is 12.8 Å². The second-order valence-corrected chi connectivity index (χ2v) is 10.5. The Morgan fingerprint density at radius 1 is 0.706 bits per heavy atom. The van der Waals surface area contributed by atoms with E-state index in [1.807, 2.05) is 12.1 Å². The molecule has 2 aromatic carbocycles. The maximum absolute atomic E-state index is 13.7. The monoisotopic (exact) mass is 462 g/mol. The Kier molecular flexibility index (Phi) is 9.07. The van der Waals surface area contributed by atoms with Crippen molar-refractivity contribution in [2.24, 2.45) is 11.8 Å². The lowest BCUT2D eigenvalue weighted by Crippen LogP contribution is -2.23. The molecule has 2 aliphatic rings. The van der Waals surface area contributed by atoms with E-state index in [1.54, 1.807) is 14.2 Å². The van der Waals surface area contributed by atoms with Crippen LogP contribution in [0.15, 0.2) is 48.5 Å².